The Hall–Kier alpha value is -7.44. The Morgan fingerprint density at radius 1 is 0.663 bits per heavy atom. The minimum absolute atomic E-state index is 0.0260. The van der Waals surface area contributed by atoms with Crippen molar-refractivity contribution in [1.82, 2.24) is 34.7 Å². The van der Waals surface area contributed by atoms with Crippen molar-refractivity contribution in [3.05, 3.63) is 161 Å². The van der Waals surface area contributed by atoms with Crippen molar-refractivity contribution in [2.45, 2.75) is 119 Å². The highest BCUT2D eigenvalue weighted by molar-refractivity contribution is 5.95. The second kappa shape index (κ2) is 31.6. The number of rotatable bonds is 25. The van der Waals surface area contributed by atoms with Crippen LogP contribution in [0.15, 0.2) is 121 Å². The quantitative estimate of drug-likeness (QED) is 0.0423. The van der Waals surface area contributed by atoms with Gasteiger partial charge in [-0.25, -0.2) is 9.18 Å². The molecule has 512 valence electrons. The van der Waals surface area contributed by atoms with E-state index in [1.54, 1.807) is 11.9 Å². The van der Waals surface area contributed by atoms with Gasteiger partial charge in [0.2, 0.25) is 17.7 Å². The number of nitrogens with zero attached hydrogens (tertiary/aromatic N) is 6. The number of carbonyl (C=O) groups excluding carboxylic acids is 5. The first-order valence-electron chi connectivity index (χ1n) is 33.3. The summed E-state index contributed by atoms with van der Waals surface area (Å²) in [6.45, 7) is 7.37. The van der Waals surface area contributed by atoms with Gasteiger partial charge in [0.25, 0.3) is 5.91 Å². The molecule has 0 saturated carbocycles. The molecule has 5 amide bonds. The number of benzene rings is 5. The second-order valence-corrected chi connectivity index (χ2v) is 26.2. The summed E-state index contributed by atoms with van der Waals surface area (Å²) in [5.41, 5.74) is -0.173. The van der Waals surface area contributed by atoms with Gasteiger partial charge in [0, 0.05) is 88.8 Å². The fraction of sp³-hybridized carbons (Fsp3) is 0.514. The summed E-state index contributed by atoms with van der Waals surface area (Å²) in [6, 6.07) is 32.0. The molecule has 2 unspecified atom stereocenters. The highest BCUT2D eigenvalue weighted by Crippen LogP contribution is 2.48. The molecule has 5 aliphatic rings. The van der Waals surface area contributed by atoms with E-state index in [1.807, 2.05) is 78.7 Å². The number of likely N-dealkylation sites (tertiary alicyclic amines) is 3. The van der Waals surface area contributed by atoms with E-state index in [0.717, 1.165) is 106 Å². The predicted molar refractivity (Wildman–Crippen MR) is 345 cm³/mol. The Morgan fingerprint density at radius 3 is 2.00 bits per heavy atom. The van der Waals surface area contributed by atoms with Crippen molar-refractivity contribution in [3.63, 3.8) is 0 Å². The van der Waals surface area contributed by atoms with Crippen molar-refractivity contribution < 1.29 is 68.9 Å². The van der Waals surface area contributed by atoms with Crippen LogP contribution in [0.5, 0.6) is 0 Å². The molecule has 5 aromatic carbocycles. The molecular weight excluding hydrogens is 1240 g/mol. The van der Waals surface area contributed by atoms with Crippen molar-refractivity contribution in [3.8, 4) is 11.1 Å². The van der Waals surface area contributed by atoms with Crippen molar-refractivity contribution in [2.24, 2.45) is 5.92 Å². The molecule has 10 rings (SSSR count). The number of halogens is 7. The zero-order chi connectivity index (χ0) is 67.3. The number of ether oxygens (including phenoxy) is 3. The van der Waals surface area contributed by atoms with E-state index in [2.05, 4.69) is 37.5 Å². The van der Waals surface area contributed by atoms with Gasteiger partial charge < -0.3 is 48.9 Å². The standard InChI is InChI=1S/C72H87F7N8O8/c1-82(33-13-32-80-66(90)52-25-35-84(36-26-52)34-12-4-7-20-64(88)83(2)42-43-85-37-27-59(28-38-85)95-68(92)81-62-19-11-9-17-60(62)51-14-5-3-6-15-51)65(89)48-93-63-46-53-16-8-10-18-61(53)69(63)29-39-86(40-30-69)41-31-70(55-21-23-58(73)24-22-55)49-87(50-94-70)67(91)54-44-56(71(74,75)76)47-57(45-54)72(77,78)79/h3,5-6,8-11,14-19,21-24,44-45,47,52,59,63H,4,7,12-13,20,25-43,46,48-50H2,1-2H3,(H,80,90)(H,81,92). The minimum Gasteiger partial charge on any atom is -0.446 e. The average Bonchev–Trinajstić information content (AvgIpc) is 1.62. The van der Waals surface area contributed by atoms with Crippen LogP contribution in [0, 0.1) is 11.7 Å². The number of hydrogen-bond donors (Lipinski definition) is 2. The van der Waals surface area contributed by atoms with Crippen LogP contribution < -0.4 is 10.6 Å². The molecule has 5 aromatic rings. The topological polar surface area (TPSA) is 157 Å². The molecule has 4 saturated heterocycles. The van der Waals surface area contributed by atoms with Gasteiger partial charge >= 0.3 is 18.4 Å². The first-order chi connectivity index (χ1) is 45.6. The number of fused-ring (bicyclic) bond motifs is 2. The van der Waals surface area contributed by atoms with Gasteiger partial charge in [-0.2, -0.15) is 26.3 Å². The Kier molecular flexibility index (Phi) is 23.4. The molecule has 16 nitrogen and oxygen atoms in total. The second-order valence-electron chi connectivity index (χ2n) is 26.2. The average molecular weight is 1330 g/mol. The third kappa shape index (κ3) is 18.2. The lowest BCUT2D eigenvalue weighted by atomic mass is 9.72. The van der Waals surface area contributed by atoms with Crippen molar-refractivity contribution >= 4 is 35.4 Å². The number of unbranched alkanes of at least 4 members (excludes halogenated alkanes) is 2. The molecule has 2 N–H and O–H groups in total. The van der Waals surface area contributed by atoms with Crippen molar-refractivity contribution in [2.75, 3.05) is 118 Å². The van der Waals surface area contributed by atoms with Crippen molar-refractivity contribution in [1.29, 1.82) is 0 Å². The van der Waals surface area contributed by atoms with Gasteiger partial charge in [-0.1, -0.05) is 91.3 Å². The number of anilines is 1. The third-order valence-corrected chi connectivity index (χ3v) is 20.0. The Bertz CT molecular complexity index is 3380. The maximum Gasteiger partial charge on any atom is 0.416 e. The van der Waals surface area contributed by atoms with Gasteiger partial charge in [-0.15, -0.1) is 0 Å². The van der Waals surface area contributed by atoms with Crippen LogP contribution in [-0.4, -0.2) is 184 Å². The molecule has 0 bridgehead atoms. The summed E-state index contributed by atoms with van der Waals surface area (Å²) in [4.78, 5) is 77.9. The molecule has 4 fully saturated rings. The molecule has 23 heteroatoms. The number of para-hydroxylation sites is 1. The SMILES string of the molecule is CN(CCN1CCC(OC(=O)Nc2ccccc2-c2ccccc2)CC1)C(=O)CCCCCN1CCC(C(=O)NCCCN(C)C(=O)COC2Cc3ccccc3C23CCN(CCC2(c4ccc(F)cc4)CN(C(=O)c4cc(C(F)(F)F)cc(C(F)(F)F)c4)CO2)CC3)CC1. The van der Waals surface area contributed by atoms with E-state index in [0.29, 0.717) is 94.8 Å². The largest absolute Gasteiger partial charge is 0.446 e. The van der Waals surface area contributed by atoms with Crippen LogP contribution >= 0.6 is 0 Å². The number of carbonyl (C=O) groups is 5. The fourth-order valence-electron chi connectivity index (χ4n) is 14.2. The molecule has 4 aliphatic heterocycles. The molecular formula is C72H87F7N8O8. The van der Waals surface area contributed by atoms with E-state index in [4.69, 9.17) is 14.2 Å². The normalized spacial score (nSPS) is 19.8. The van der Waals surface area contributed by atoms with Gasteiger partial charge in [0.05, 0.1) is 29.5 Å². The molecule has 4 heterocycles. The van der Waals surface area contributed by atoms with Gasteiger partial charge in [0.1, 0.15) is 30.9 Å². The lowest BCUT2D eigenvalue weighted by Crippen LogP contribution is -2.50. The third-order valence-electron chi connectivity index (χ3n) is 20.0. The Labute approximate surface area is 551 Å². The molecule has 1 aliphatic carbocycles. The van der Waals surface area contributed by atoms with Gasteiger partial charge in [0.15, 0.2) is 0 Å². The number of likely N-dealkylation sites (N-methyl/N-ethyl adjacent to an activating group) is 2. The summed E-state index contributed by atoms with van der Waals surface area (Å²) in [7, 11) is 3.60. The molecule has 2 atom stereocenters. The van der Waals surface area contributed by atoms with Gasteiger partial charge in [-0.3, -0.25) is 24.5 Å². The first-order valence-corrected chi connectivity index (χ1v) is 33.3. The van der Waals surface area contributed by atoms with E-state index >= 15 is 0 Å². The molecule has 0 aromatic heterocycles. The summed E-state index contributed by atoms with van der Waals surface area (Å²) < 4.78 is 115. The van der Waals surface area contributed by atoms with E-state index < -0.39 is 64.6 Å². The molecule has 95 heavy (non-hydrogen) atoms. The number of piperidine rings is 3. The smallest absolute Gasteiger partial charge is 0.416 e. The minimum atomic E-state index is -5.14. The summed E-state index contributed by atoms with van der Waals surface area (Å²) in [5, 5.41) is 6.03. The summed E-state index contributed by atoms with van der Waals surface area (Å²) >= 11 is 0. The lowest BCUT2D eigenvalue weighted by Gasteiger charge is -2.44. The maximum atomic E-state index is 14.2. The summed E-state index contributed by atoms with van der Waals surface area (Å²) in [6.07, 6.45) is -2.09. The zero-order valence-corrected chi connectivity index (χ0v) is 54.2. The maximum absolute atomic E-state index is 14.2. The van der Waals surface area contributed by atoms with Crippen LogP contribution in [-0.2, 0) is 58.4 Å². The molecule has 1 spiro atoms. The lowest BCUT2D eigenvalue weighted by molar-refractivity contribution is -0.143. The highest BCUT2D eigenvalue weighted by atomic mass is 19.4. The molecule has 0 radical (unpaired) electrons. The number of hydrogen-bond acceptors (Lipinski definition) is 11. The van der Waals surface area contributed by atoms with Crippen LogP contribution in [0.1, 0.15) is 115 Å². The first kappa shape index (κ1) is 70.4. The van der Waals surface area contributed by atoms with Crippen LogP contribution in [0.3, 0.4) is 0 Å². The summed E-state index contributed by atoms with van der Waals surface area (Å²) in [5.74, 6) is -1.67. The van der Waals surface area contributed by atoms with Crippen LogP contribution in [0.25, 0.3) is 11.1 Å². The van der Waals surface area contributed by atoms with Gasteiger partial charge in [-0.05, 0) is 162 Å². The van der Waals surface area contributed by atoms with E-state index in [-0.39, 0.29) is 61.5 Å². The highest BCUT2D eigenvalue weighted by Gasteiger charge is 2.50. The predicted octanol–water partition coefficient (Wildman–Crippen LogP) is 11.6. The number of amides is 5. The van der Waals surface area contributed by atoms with E-state index in [9.17, 15) is 54.7 Å². The zero-order valence-electron chi connectivity index (χ0n) is 54.2. The number of nitrogens with one attached hydrogen (secondary N) is 2. The Balaban J connectivity index is 0.587. The fourth-order valence-corrected chi connectivity index (χ4v) is 14.2. The van der Waals surface area contributed by atoms with Crippen LogP contribution in [0.2, 0.25) is 0 Å². The number of alkyl halides is 6. The van der Waals surface area contributed by atoms with Crippen LogP contribution in [0.4, 0.5) is 41.2 Å². The Morgan fingerprint density at radius 2 is 1.29 bits per heavy atom. The monoisotopic (exact) mass is 1320 g/mol. The van der Waals surface area contributed by atoms with E-state index in [1.165, 1.54) is 29.8 Å².